The molecule has 3 heterocycles. The summed E-state index contributed by atoms with van der Waals surface area (Å²) in [5, 5.41) is 0. The zero-order valence-electron chi connectivity index (χ0n) is 16.3. The summed E-state index contributed by atoms with van der Waals surface area (Å²) < 4.78 is 31.9. The van der Waals surface area contributed by atoms with Gasteiger partial charge in [0.05, 0.1) is 12.7 Å². The third-order valence-electron chi connectivity index (χ3n) is 4.53. The Morgan fingerprint density at radius 1 is 1.47 bits per heavy atom. The van der Waals surface area contributed by atoms with Gasteiger partial charge in [0, 0.05) is 20.3 Å². The Morgan fingerprint density at radius 2 is 2.20 bits per heavy atom. The molecule has 0 aromatic carbocycles. The van der Waals surface area contributed by atoms with Crippen LogP contribution >= 0.6 is 0 Å². The van der Waals surface area contributed by atoms with Gasteiger partial charge in [0.25, 0.3) is 0 Å². The minimum absolute atomic E-state index is 0.0130. The van der Waals surface area contributed by atoms with Gasteiger partial charge in [0.2, 0.25) is 5.95 Å². The summed E-state index contributed by atoms with van der Waals surface area (Å²) in [6.07, 6.45) is 2.33. The molecule has 30 heavy (non-hydrogen) atoms. The molecule has 2 aromatic heterocycles. The van der Waals surface area contributed by atoms with Crippen LogP contribution < -0.4 is 11.4 Å². The first-order valence-electron chi connectivity index (χ1n) is 8.99. The molecule has 1 aliphatic heterocycles. The maximum absolute atomic E-state index is 13.5. The normalized spacial score (nSPS) is 21.9. The van der Waals surface area contributed by atoms with Gasteiger partial charge in [-0.3, -0.25) is 14.2 Å². The summed E-state index contributed by atoms with van der Waals surface area (Å²) in [4.78, 5) is 43.9. The zero-order chi connectivity index (χ0) is 22.0. The van der Waals surface area contributed by atoms with Crippen LogP contribution in [0.3, 0.4) is 0 Å². The molecule has 1 aliphatic rings. The Kier molecular flexibility index (Phi) is 6.02. The molecule has 0 aliphatic carbocycles. The topological polar surface area (TPSA) is 141 Å². The Bertz CT molecular complexity index is 1070. The van der Waals surface area contributed by atoms with E-state index in [1.807, 2.05) is 0 Å². The summed E-state index contributed by atoms with van der Waals surface area (Å²) >= 11 is 0. The van der Waals surface area contributed by atoms with Crippen LogP contribution in [0.15, 0.2) is 11.0 Å². The van der Waals surface area contributed by atoms with E-state index in [9.17, 15) is 18.8 Å². The highest BCUT2D eigenvalue weighted by Gasteiger charge is 2.45. The van der Waals surface area contributed by atoms with Crippen molar-refractivity contribution in [2.75, 3.05) is 12.4 Å². The van der Waals surface area contributed by atoms with Crippen LogP contribution in [-0.4, -0.2) is 56.0 Å². The van der Waals surface area contributed by atoms with Crippen molar-refractivity contribution in [3.05, 3.63) is 16.7 Å². The van der Waals surface area contributed by atoms with E-state index >= 15 is 0 Å². The number of halogens is 1. The smallest absolute Gasteiger partial charge is 0.333 e. The molecule has 1 fully saturated rings. The highest BCUT2D eigenvalue weighted by molar-refractivity contribution is 5.72. The van der Waals surface area contributed by atoms with E-state index in [2.05, 4.69) is 15.9 Å². The van der Waals surface area contributed by atoms with Crippen molar-refractivity contribution in [2.45, 2.75) is 51.4 Å². The summed E-state index contributed by atoms with van der Waals surface area (Å²) in [7, 11) is 0. The van der Waals surface area contributed by atoms with Crippen LogP contribution in [0.2, 0.25) is 0 Å². The first-order valence-corrected chi connectivity index (χ1v) is 8.99. The second-order valence-corrected chi connectivity index (χ2v) is 6.63. The maximum Gasteiger partial charge on any atom is 0.333 e. The third kappa shape index (κ3) is 3.97. The van der Waals surface area contributed by atoms with Gasteiger partial charge in [0.1, 0.15) is 24.4 Å². The van der Waals surface area contributed by atoms with E-state index < -0.39 is 48.8 Å². The van der Waals surface area contributed by atoms with Gasteiger partial charge in [-0.2, -0.15) is 4.98 Å². The van der Waals surface area contributed by atoms with Gasteiger partial charge in [-0.1, -0.05) is 5.92 Å². The number of alkyl halides is 1. The lowest BCUT2D eigenvalue weighted by atomic mass is 10.1. The quantitative estimate of drug-likeness (QED) is 0.501. The first kappa shape index (κ1) is 21.3. The highest BCUT2D eigenvalue weighted by Crippen LogP contribution is 2.35. The number of nitrogens with zero attached hydrogens (tertiary/aromatic N) is 4. The molecule has 4 atom stereocenters. The second kappa shape index (κ2) is 8.50. The van der Waals surface area contributed by atoms with E-state index in [1.54, 1.807) is 0 Å². The van der Waals surface area contributed by atoms with E-state index in [0.717, 1.165) is 11.5 Å². The number of hydrogen-bond acceptors (Lipinski definition) is 9. The average Bonchev–Trinajstić information content (AvgIpc) is 3.18. The van der Waals surface area contributed by atoms with Gasteiger partial charge in [-0.25, -0.2) is 18.7 Å². The van der Waals surface area contributed by atoms with Gasteiger partial charge < -0.3 is 19.9 Å². The van der Waals surface area contributed by atoms with Crippen molar-refractivity contribution >= 4 is 29.1 Å². The molecule has 0 saturated carbocycles. The van der Waals surface area contributed by atoms with Crippen molar-refractivity contribution < 1.29 is 28.2 Å². The van der Waals surface area contributed by atoms with E-state index in [4.69, 9.17) is 26.4 Å². The van der Waals surface area contributed by atoms with Crippen molar-refractivity contribution in [1.29, 1.82) is 0 Å². The summed E-state index contributed by atoms with van der Waals surface area (Å²) in [5.74, 6) is 0.935. The van der Waals surface area contributed by atoms with Crippen LogP contribution in [0, 0.1) is 12.3 Å². The number of terminal acetylenes is 1. The fourth-order valence-electron chi connectivity index (χ4n) is 3.42. The number of anilines is 1. The molecule has 0 radical (unpaired) electrons. The summed E-state index contributed by atoms with van der Waals surface area (Å²) in [6.45, 7) is 1.22. The molecule has 3 rings (SSSR count). The van der Waals surface area contributed by atoms with Gasteiger partial charge >= 0.3 is 17.6 Å². The average molecular weight is 421 g/mol. The predicted octanol–water partition coefficient (Wildman–Crippen LogP) is -0.0712. The Hall–Kier alpha value is -3.46. The number of rotatable bonds is 6. The second-order valence-electron chi connectivity index (χ2n) is 6.63. The number of imidazole rings is 1. The van der Waals surface area contributed by atoms with E-state index in [0.29, 0.717) is 5.52 Å². The molecule has 0 bridgehead atoms. The van der Waals surface area contributed by atoms with Crippen LogP contribution in [0.1, 0.15) is 26.5 Å². The zero-order valence-corrected chi connectivity index (χ0v) is 16.3. The van der Waals surface area contributed by atoms with Crippen LogP contribution in [0.4, 0.5) is 10.3 Å². The molecule has 2 aromatic rings. The SMILES string of the molecule is C#CCn1c(=O)n(C2OC([C@H](CF)OC(C)=O)CC2OC(C)=O)c2nc(N)ncc21. The Balaban J connectivity index is 2.10. The maximum atomic E-state index is 13.5. The molecule has 0 spiro atoms. The lowest BCUT2D eigenvalue weighted by molar-refractivity contribution is -0.159. The van der Waals surface area contributed by atoms with Gasteiger partial charge in [-0.15, -0.1) is 6.42 Å². The van der Waals surface area contributed by atoms with Gasteiger partial charge in [-0.05, 0) is 0 Å². The highest BCUT2D eigenvalue weighted by atomic mass is 19.1. The van der Waals surface area contributed by atoms with Crippen molar-refractivity contribution in [1.82, 2.24) is 19.1 Å². The number of aromatic nitrogens is 4. The van der Waals surface area contributed by atoms with Crippen LogP contribution in [0.5, 0.6) is 0 Å². The van der Waals surface area contributed by atoms with Crippen molar-refractivity contribution in [2.24, 2.45) is 0 Å². The molecule has 11 nitrogen and oxygen atoms in total. The van der Waals surface area contributed by atoms with Crippen molar-refractivity contribution in [3.8, 4) is 12.3 Å². The molecular formula is C18H20FN5O6. The minimum atomic E-state index is -1.24. The van der Waals surface area contributed by atoms with Gasteiger partial charge in [0.15, 0.2) is 18.0 Å². The lowest BCUT2D eigenvalue weighted by Gasteiger charge is -2.21. The molecule has 3 unspecified atom stereocenters. The lowest BCUT2D eigenvalue weighted by Crippen LogP contribution is -2.34. The fourth-order valence-corrected chi connectivity index (χ4v) is 3.42. The molecule has 0 amide bonds. The first-order chi connectivity index (χ1) is 14.3. The minimum Gasteiger partial charge on any atom is -0.458 e. The van der Waals surface area contributed by atoms with E-state index in [-0.39, 0.29) is 24.6 Å². The summed E-state index contributed by atoms with van der Waals surface area (Å²) in [5.41, 5.74) is 5.47. The Morgan fingerprint density at radius 3 is 2.80 bits per heavy atom. The molecule has 2 N–H and O–H groups in total. The van der Waals surface area contributed by atoms with Crippen LogP contribution in [-0.2, 0) is 30.3 Å². The number of carbonyl (C=O) groups is 2. The van der Waals surface area contributed by atoms with E-state index in [1.165, 1.54) is 17.7 Å². The summed E-state index contributed by atoms with van der Waals surface area (Å²) in [6, 6.07) is 0. The molecular weight excluding hydrogens is 401 g/mol. The third-order valence-corrected chi connectivity index (χ3v) is 4.53. The number of esters is 2. The standard InChI is InChI=1S/C18H20FN5O6/c1-4-5-23-11-8-21-17(20)22-15(11)24(18(23)27)16-13(28-9(2)25)6-12(30-16)14(7-19)29-10(3)26/h1,8,12-14,16H,5-7H2,2-3H3,(H2,20,21,22)/t12?,13?,14-,16?/m0/s1. The predicted molar refractivity (Wildman–Crippen MR) is 101 cm³/mol. The fraction of sp³-hybridized carbons (Fsp3) is 0.500. The van der Waals surface area contributed by atoms with Crippen LogP contribution in [0.25, 0.3) is 11.2 Å². The number of nitrogen functional groups attached to an aromatic ring is 1. The largest absolute Gasteiger partial charge is 0.458 e. The number of hydrogen-bond donors (Lipinski definition) is 1. The number of ether oxygens (including phenoxy) is 3. The number of fused-ring (bicyclic) bond motifs is 1. The number of carbonyl (C=O) groups excluding carboxylic acids is 2. The van der Waals surface area contributed by atoms with Crippen molar-refractivity contribution in [3.63, 3.8) is 0 Å². The molecule has 1 saturated heterocycles. The molecule has 12 heteroatoms. The Labute approximate surface area is 169 Å². The number of nitrogens with two attached hydrogens (primary N) is 1. The monoisotopic (exact) mass is 421 g/mol. The molecule has 160 valence electrons.